The van der Waals surface area contributed by atoms with Crippen molar-refractivity contribution in [3.05, 3.63) is 28.6 Å². The molecule has 0 spiro atoms. The van der Waals surface area contributed by atoms with Gasteiger partial charge in [-0.3, -0.25) is 0 Å². The number of halogens is 1. The maximum absolute atomic E-state index is 5.89. The lowest BCUT2D eigenvalue weighted by atomic mass is 10.1. The molecule has 0 fully saturated rings. The molecule has 0 aliphatic heterocycles. The lowest BCUT2D eigenvalue weighted by molar-refractivity contribution is 1.46. The molecule has 2 aromatic rings. The van der Waals surface area contributed by atoms with Gasteiger partial charge in [-0.25, -0.2) is 0 Å². The fourth-order valence-corrected chi connectivity index (χ4v) is 2.76. The molecule has 3 heteroatoms. The van der Waals surface area contributed by atoms with Gasteiger partial charge < -0.3 is 5.73 Å². The minimum absolute atomic E-state index is 0.558. The SMILES string of the molecule is Cc1cc(N)c2scc(CCl)c2c1. The summed E-state index contributed by atoms with van der Waals surface area (Å²) in [5.41, 5.74) is 9.12. The van der Waals surface area contributed by atoms with Crippen LogP contribution in [-0.4, -0.2) is 0 Å². The Morgan fingerprint density at radius 1 is 1.46 bits per heavy atom. The quantitative estimate of drug-likeness (QED) is 0.567. The highest BCUT2D eigenvalue weighted by atomic mass is 35.5. The number of nitrogen functional groups attached to an aromatic ring is 1. The third-order valence-electron chi connectivity index (χ3n) is 2.07. The van der Waals surface area contributed by atoms with Crippen molar-refractivity contribution in [2.45, 2.75) is 12.8 Å². The van der Waals surface area contributed by atoms with E-state index in [0.29, 0.717) is 5.88 Å². The number of hydrogen-bond acceptors (Lipinski definition) is 2. The van der Waals surface area contributed by atoms with Crippen molar-refractivity contribution in [3.8, 4) is 0 Å². The van der Waals surface area contributed by atoms with Gasteiger partial charge in [-0.15, -0.1) is 22.9 Å². The molecule has 68 valence electrons. The van der Waals surface area contributed by atoms with Crippen molar-refractivity contribution in [2.24, 2.45) is 0 Å². The number of alkyl halides is 1. The molecule has 2 rings (SSSR count). The lowest BCUT2D eigenvalue weighted by Crippen LogP contribution is -1.86. The normalized spacial score (nSPS) is 10.9. The maximum atomic E-state index is 5.89. The summed E-state index contributed by atoms with van der Waals surface area (Å²) in [4.78, 5) is 0. The van der Waals surface area contributed by atoms with Crippen LogP contribution < -0.4 is 5.73 Å². The standard InChI is InChI=1S/C10H10ClNS/c1-6-2-8-7(4-11)5-13-10(8)9(12)3-6/h2-3,5H,4,12H2,1H3. The predicted octanol–water partition coefficient (Wildman–Crippen LogP) is 3.53. The number of nitrogens with two attached hydrogens (primary N) is 1. The van der Waals surface area contributed by atoms with Crippen LogP contribution in [0, 0.1) is 6.92 Å². The molecule has 0 radical (unpaired) electrons. The third kappa shape index (κ3) is 1.40. The Morgan fingerprint density at radius 3 is 2.92 bits per heavy atom. The second-order valence-corrected chi connectivity index (χ2v) is 4.27. The Balaban J connectivity index is 2.82. The van der Waals surface area contributed by atoms with Crippen molar-refractivity contribution >= 4 is 38.7 Å². The van der Waals surface area contributed by atoms with Crippen LogP contribution in [0.1, 0.15) is 11.1 Å². The van der Waals surface area contributed by atoms with Gasteiger partial charge in [0.05, 0.1) is 4.70 Å². The van der Waals surface area contributed by atoms with Crippen molar-refractivity contribution < 1.29 is 0 Å². The zero-order valence-electron chi connectivity index (χ0n) is 7.30. The maximum Gasteiger partial charge on any atom is 0.0575 e. The van der Waals surface area contributed by atoms with Gasteiger partial charge in [0.2, 0.25) is 0 Å². The molecule has 0 saturated heterocycles. The zero-order chi connectivity index (χ0) is 9.42. The highest BCUT2D eigenvalue weighted by Gasteiger charge is 2.05. The van der Waals surface area contributed by atoms with Crippen molar-refractivity contribution in [1.82, 2.24) is 0 Å². The third-order valence-corrected chi connectivity index (χ3v) is 3.45. The van der Waals surface area contributed by atoms with E-state index in [4.69, 9.17) is 17.3 Å². The van der Waals surface area contributed by atoms with E-state index in [1.54, 1.807) is 11.3 Å². The van der Waals surface area contributed by atoms with E-state index in [-0.39, 0.29) is 0 Å². The highest BCUT2D eigenvalue weighted by molar-refractivity contribution is 7.18. The van der Waals surface area contributed by atoms with E-state index < -0.39 is 0 Å². The molecule has 1 nitrogen and oxygen atoms in total. The van der Waals surface area contributed by atoms with E-state index in [2.05, 4.69) is 11.4 Å². The van der Waals surface area contributed by atoms with Gasteiger partial charge in [0, 0.05) is 11.6 Å². The van der Waals surface area contributed by atoms with Crippen LogP contribution in [0.15, 0.2) is 17.5 Å². The minimum atomic E-state index is 0.558. The average molecular weight is 212 g/mol. The van der Waals surface area contributed by atoms with Crippen LogP contribution >= 0.6 is 22.9 Å². The van der Waals surface area contributed by atoms with Crippen LogP contribution in [0.25, 0.3) is 10.1 Å². The van der Waals surface area contributed by atoms with Crippen LogP contribution in [0.3, 0.4) is 0 Å². The summed E-state index contributed by atoms with van der Waals surface area (Å²) in [5.74, 6) is 0.558. The Labute approximate surface area is 86.1 Å². The Bertz CT molecular complexity index is 447. The summed E-state index contributed by atoms with van der Waals surface area (Å²) < 4.78 is 1.15. The van der Waals surface area contributed by atoms with Gasteiger partial charge in [0.25, 0.3) is 0 Å². The summed E-state index contributed by atoms with van der Waals surface area (Å²) in [6.07, 6.45) is 0. The summed E-state index contributed by atoms with van der Waals surface area (Å²) in [6.45, 7) is 2.05. The Hall–Kier alpha value is -0.730. The molecule has 0 bridgehead atoms. The van der Waals surface area contributed by atoms with Gasteiger partial charge in [-0.2, -0.15) is 0 Å². The molecule has 0 atom stereocenters. The first-order chi connectivity index (χ1) is 6.22. The first-order valence-electron chi connectivity index (χ1n) is 4.04. The molecule has 13 heavy (non-hydrogen) atoms. The van der Waals surface area contributed by atoms with Crippen molar-refractivity contribution in [1.29, 1.82) is 0 Å². The van der Waals surface area contributed by atoms with E-state index in [0.717, 1.165) is 10.4 Å². The predicted molar refractivity (Wildman–Crippen MR) is 60.5 cm³/mol. The van der Waals surface area contributed by atoms with Crippen molar-refractivity contribution in [3.63, 3.8) is 0 Å². The van der Waals surface area contributed by atoms with Gasteiger partial charge in [0.1, 0.15) is 0 Å². The summed E-state index contributed by atoms with van der Waals surface area (Å²) in [5, 5.41) is 3.28. The summed E-state index contributed by atoms with van der Waals surface area (Å²) in [7, 11) is 0. The summed E-state index contributed by atoms with van der Waals surface area (Å²) in [6, 6.07) is 4.14. The Kier molecular flexibility index (Phi) is 2.18. The Morgan fingerprint density at radius 2 is 2.23 bits per heavy atom. The minimum Gasteiger partial charge on any atom is -0.398 e. The van der Waals surface area contributed by atoms with Gasteiger partial charge in [-0.1, -0.05) is 6.07 Å². The molecular formula is C10H10ClNS. The molecule has 2 N–H and O–H groups in total. The number of rotatable bonds is 1. The van der Waals surface area contributed by atoms with Crippen LogP contribution in [-0.2, 0) is 5.88 Å². The molecule has 1 heterocycles. The zero-order valence-corrected chi connectivity index (χ0v) is 8.88. The summed E-state index contributed by atoms with van der Waals surface area (Å²) >= 11 is 7.48. The number of thiophene rings is 1. The van der Waals surface area contributed by atoms with E-state index >= 15 is 0 Å². The van der Waals surface area contributed by atoms with E-state index in [1.807, 2.05) is 13.0 Å². The van der Waals surface area contributed by atoms with Gasteiger partial charge in [-0.05, 0) is 34.9 Å². The number of hydrogen-bond donors (Lipinski definition) is 1. The molecule has 0 saturated carbocycles. The average Bonchev–Trinajstić information content (AvgIpc) is 2.47. The monoisotopic (exact) mass is 211 g/mol. The number of aryl methyl sites for hydroxylation is 1. The van der Waals surface area contributed by atoms with Crippen LogP contribution in [0.2, 0.25) is 0 Å². The lowest BCUT2D eigenvalue weighted by Gasteiger charge is -1.99. The molecule has 0 aliphatic rings. The number of anilines is 1. The second kappa shape index (κ2) is 3.20. The topological polar surface area (TPSA) is 26.0 Å². The molecule has 0 aliphatic carbocycles. The highest BCUT2D eigenvalue weighted by Crippen LogP contribution is 2.32. The fourth-order valence-electron chi connectivity index (χ4n) is 1.47. The smallest absolute Gasteiger partial charge is 0.0575 e. The molecule has 1 aromatic heterocycles. The first-order valence-corrected chi connectivity index (χ1v) is 5.46. The van der Waals surface area contributed by atoms with Crippen LogP contribution in [0.4, 0.5) is 5.69 Å². The largest absolute Gasteiger partial charge is 0.398 e. The molecule has 0 unspecified atom stereocenters. The van der Waals surface area contributed by atoms with Gasteiger partial charge in [0.15, 0.2) is 0 Å². The second-order valence-electron chi connectivity index (χ2n) is 3.13. The molecular weight excluding hydrogens is 202 g/mol. The molecule has 1 aromatic carbocycles. The van der Waals surface area contributed by atoms with Crippen molar-refractivity contribution in [2.75, 3.05) is 5.73 Å². The fraction of sp³-hybridized carbons (Fsp3) is 0.200. The number of fused-ring (bicyclic) bond motifs is 1. The first kappa shape index (κ1) is 8.85. The van der Waals surface area contributed by atoms with Gasteiger partial charge >= 0.3 is 0 Å². The number of benzene rings is 1. The van der Waals surface area contributed by atoms with Crippen LogP contribution in [0.5, 0.6) is 0 Å². The van der Waals surface area contributed by atoms with E-state index in [1.165, 1.54) is 16.5 Å². The van der Waals surface area contributed by atoms with E-state index in [9.17, 15) is 0 Å². The molecule has 0 amide bonds.